The molecule has 0 saturated heterocycles. The molecule has 0 radical (unpaired) electrons. The number of carbonyl (C=O) groups is 1. The number of nitrogens with zero attached hydrogens (tertiary/aromatic N) is 1. The smallest absolute Gasteiger partial charge is 0.181 e. The zero-order valence-corrected chi connectivity index (χ0v) is 8.25. The van der Waals surface area contributed by atoms with Crippen LogP contribution in [-0.2, 0) is 17.8 Å². The molecule has 1 aliphatic rings. The Morgan fingerprint density at radius 2 is 2.27 bits per heavy atom. The molecule has 0 fully saturated rings. The Labute approximate surface area is 86.3 Å². The van der Waals surface area contributed by atoms with E-state index in [-0.39, 0.29) is 29.9 Å². The molecule has 1 aliphatic heterocycles. The molecule has 1 heterocycles. The highest BCUT2D eigenvalue weighted by Crippen LogP contribution is 2.28. The van der Waals surface area contributed by atoms with Gasteiger partial charge in [0.05, 0.1) is 18.0 Å². The molecule has 0 bridgehead atoms. The largest absolute Gasteiger partial charge is 0.392 e. The molecule has 0 spiro atoms. The predicted molar refractivity (Wildman–Crippen MR) is 53.8 cm³/mol. The number of aliphatic imine (C=N–C) groups is 1. The quantitative estimate of drug-likeness (QED) is 0.759. The molecular weight excluding hydrogens is 197 g/mol. The van der Waals surface area contributed by atoms with Crippen molar-refractivity contribution in [1.29, 1.82) is 0 Å². The lowest BCUT2D eigenvalue weighted by molar-refractivity contribution is -0.112. The SMILES string of the molecule is CC1=Nc2ccc(CO)c(F)c2CC1=O. The van der Waals surface area contributed by atoms with Crippen LogP contribution in [0.1, 0.15) is 18.1 Å². The van der Waals surface area contributed by atoms with Crippen LogP contribution in [0.2, 0.25) is 0 Å². The average Bonchev–Trinajstić information content (AvgIpc) is 2.22. The van der Waals surface area contributed by atoms with E-state index >= 15 is 0 Å². The van der Waals surface area contributed by atoms with Crippen LogP contribution in [-0.4, -0.2) is 16.6 Å². The van der Waals surface area contributed by atoms with Crippen LogP contribution in [0, 0.1) is 5.82 Å². The zero-order valence-electron chi connectivity index (χ0n) is 8.25. The van der Waals surface area contributed by atoms with Crippen molar-refractivity contribution < 1.29 is 14.3 Å². The maximum atomic E-state index is 13.7. The summed E-state index contributed by atoms with van der Waals surface area (Å²) in [5.41, 5.74) is 1.38. The fraction of sp³-hybridized carbons (Fsp3) is 0.273. The molecule has 3 nitrogen and oxygen atoms in total. The zero-order chi connectivity index (χ0) is 11.0. The molecule has 1 N–H and O–H groups in total. The number of Topliss-reactive ketones (excluding diaryl/α,β-unsaturated/α-hetero) is 1. The van der Waals surface area contributed by atoms with Crippen LogP contribution in [0.3, 0.4) is 0 Å². The lowest BCUT2D eigenvalue weighted by Gasteiger charge is -2.14. The maximum Gasteiger partial charge on any atom is 0.181 e. The van der Waals surface area contributed by atoms with Crippen LogP contribution >= 0.6 is 0 Å². The number of rotatable bonds is 1. The Morgan fingerprint density at radius 1 is 1.53 bits per heavy atom. The van der Waals surface area contributed by atoms with Gasteiger partial charge < -0.3 is 5.11 Å². The van der Waals surface area contributed by atoms with E-state index in [9.17, 15) is 9.18 Å². The summed E-state index contributed by atoms with van der Waals surface area (Å²) in [7, 11) is 0. The molecular formula is C11H10FNO2. The number of hydrogen-bond donors (Lipinski definition) is 1. The third-order valence-corrected chi connectivity index (χ3v) is 2.50. The minimum absolute atomic E-state index is 0.0321. The van der Waals surface area contributed by atoms with Gasteiger partial charge in [0.1, 0.15) is 5.82 Å². The van der Waals surface area contributed by atoms with Crippen molar-refractivity contribution in [1.82, 2.24) is 0 Å². The van der Waals surface area contributed by atoms with Crippen molar-refractivity contribution in [3.63, 3.8) is 0 Å². The molecule has 0 unspecified atom stereocenters. The number of benzene rings is 1. The van der Waals surface area contributed by atoms with Gasteiger partial charge >= 0.3 is 0 Å². The van der Waals surface area contributed by atoms with Crippen LogP contribution in [0.5, 0.6) is 0 Å². The first-order chi connectivity index (χ1) is 7.13. The molecule has 78 valence electrons. The molecule has 0 amide bonds. The standard InChI is InChI=1S/C11H10FNO2/c1-6-10(15)4-8-9(13-6)3-2-7(5-14)11(8)12/h2-3,14H,4-5H2,1H3. The fourth-order valence-electron chi connectivity index (χ4n) is 1.59. The molecule has 0 saturated carbocycles. The van der Waals surface area contributed by atoms with Crippen molar-refractivity contribution in [2.75, 3.05) is 0 Å². The predicted octanol–water partition coefficient (Wildman–Crippen LogP) is 1.54. The van der Waals surface area contributed by atoms with Crippen LogP contribution in [0.25, 0.3) is 0 Å². The highest BCUT2D eigenvalue weighted by Gasteiger charge is 2.21. The molecule has 1 aromatic rings. The molecule has 0 atom stereocenters. The van der Waals surface area contributed by atoms with Gasteiger partial charge in [-0.1, -0.05) is 6.07 Å². The second-order valence-corrected chi connectivity index (χ2v) is 3.49. The van der Waals surface area contributed by atoms with Crippen LogP contribution in [0.4, 0.5) is 10.1 Å². The number of aliphatic hydroxyl groups excluding tert-OH is 1. The summed E-state index contributed by atoms with van der Waals surface area (Å²) in [5.74, 6) is -0.684. The number of aliphatic hydroxyl groups is 1. The monoisotopic (exact) mass is 207 g/mol. The highest BCUT2D eigenvalue weighted by molar-refractivity contribution is 6.40. The van der Waals surface area contributed by atoms with Gasteiger partial charge in [0.2, 0.25) is 0 Å². The molecule has 15 heavy (non-hydrogen) atoms. The molecule has 4 heteroatoms. The van der Waals surface area contributed by atoms with E-state index in [1.165, 1.54) is 6.07 Å². The van der Waals surface area contributed by atoms with Crippen molar-refractivity contribution in [3.8, 4) is 0 Å². The Kier molecular flexibility index (Phi) is 2.36. The van der Waals surface area contributed by atoms with Gasteiger partial charge in [0, 0.05) is 17.5 Å². The van der Waals surface area contributed by atoms with E-state index in [0.717, 1.165) is 0 Å². The summed E-state index contributed by atoms with van der Waals surface area (Å²) in [6, 6.07) is 3.11. The first kappa shape index (κ1) is 9.98. The third kappa shape index (κ3) is 1.57. The summed E-state index contributed by atoms with van der Waals surface area (Å²) >= 11 is 0. The minimum Gasteiger partial charge on any atom is -0.392 e. The summed E-state index contributed by atoms with van der Waals surface area (Å²) in [6.07, 6.45) is 0.0321. The normalized spacial score (nSPS) is 14.9. The minimum atomic E-state index is -0.514. The lowest BCUT2D eigenvalue weighted by atomic mass is 9.98. The van der Waals surface area contributed by atoms with Gasteiger partial charge in [0.15, 0.2) is 5.78 Å². The van der Waals surface area contributed by atoms with E-state index in [0.29, 0.717) is 11.4 Å². The summed E-state index contributed by atoms with van der Waals surface area (Å²) in [4.78, 5) is 15.4. The summed E-state index contributed by atoms with van der Waals surface area (Å²) < 4.78 is 13.7. The summed E-state index contributed by atoms with van der Waals surface area (Å²) in [5, 5.41) is 8.88. The molecule has 2 rings (SSSR count). The van der Waals surface area contributed by atoms with E-state index in [1.807, 2.05) is 0 Å². The Morgan fingerprint density at radius 3 is 2.93 bits per heavy atom. The highest BCUT2D eigenvalue weighted by atomic mass is 19.1. The molecule has 1 aromatic carbocycles. The Balaban J connectivity index is 2.60. The van der Waals surface area contributed by atoms with Gasteiger partial charge in [-0.2, -0.15) is 0 Å². The second-order valence-electron chi connectivity index (χ2n) is 3.49. The molecule has 0 aliphatic carbocycles. The van der Waals surface area contributed by atoms with Gasteiger partial charge in [-0.05, 0) is 13.0 Å². The van der Waals surface area contributed by atoms with Crippen molar-refractivity contribution in [2.24, 2.45) is 4.99 Å². The second kappa shape index (κ2) is 3.55. The van der Waals surface area contributed by atoms with Crippen LogP contribution in [0.15, 0.2) is 17.1 Å². The first-order valence-electron chi connectivity index (χ1n) is 4.63. The van der Waals surface area contributed by atoms with Crippen LogP contribution < -0.4 is 0 Å². The molecule has 0 aromatic heterocycles. The topological polar surface area (TPSA) is 49.7 Å². The van der Waals surface area contributed by atoms with Crippen molar-refractivity contribution in [2.45, 2.75) is 20.0 Å². The van der Waals surface area contributed by atoms with Gasteiger partial charge in [-0.25, -0.2) is 9.38 Å². The number of fused-ring (bicyclic) bond motifs is 1. The van der Waals surface area contributed by atoms with Crippen molar-refractivity contribution in [3.05, 3.63) is 29.1 Å². The fourth-order valence-corrected chi connectivity index (χ4v) is 1.59. The van der Waals surface area contributed by atoms with E-state index in [1.54, 1.807) is 13.0 Å². The maximum absolute atomic E-state index is 13.7. The number of hydrogen-bond acceptors (Lipinski definition) is 3. The summed E-state index contributed by atoms with van der Waals surface area (Å²) in [6.45, 7) is 1.25. The van der Waals surface area contributed by atoms with E-state index in [2.05, 4.69) is 4.99 Å². The van der Waals surface area contributed by atoms with E-state index in [4.69, 9.17) is 5.11 Å². The van der Waals surface area contributed by atoms with Gasteiger partial charge in [-0.15, -0.1) is 0 Å². The van der Waals surface area contributed by atoms with E-state index < -0.39 is 5.82 Å². The number of carbonyl (C=O) groups excluding carboxylic acids is 1. The average molecular weight is 207 g/mol. The number of halogens is 1. The first-order valence-corrected chi connectivity index (χ1v) is 4.63. The third-order valence-electron chi connectivity index (χ3n) is 2.50. The van der Waals surface area contributed by atoms with Crippen molar-refractivity contribution >= 4 is 17.2 Å². The number of ketones is 1. The Bertz CT molecular complexity index is 466. The Hall–Kier alpha value is -1.55. The van der Waals surface area contributed by atoms with Gasteiger partial charge in [0.25, 0.3) is 0 Å². The lowest BCUT2D eigenvalue weighted by Crippen LogP contribution is -2.18. The van der Waals surface area contributed by atoms with Gasteiger partial charge in [-0.3, -0.25) is 4.79 Å².